The molecule has 1 aromatic rings. The highest BCUT2D eigenvalue weighted by Gasteiger charge is 2.29. The van der Waals surface area contributed by atoms with E-state index in [1.54, 1.807) is 18.2 Å². The van der Waals surface area contributed by atoms with Gasteiger partial charge in [0.1, 0.15) is 0 Å². The highest BCUT2D eigenvalue weighted by Crippen LogP contribution is 2.34. The number of nitrogens with zero attached hydrogens (tertiary/aromatic N) is 1. The van der Waals surface area contributed by atoms with Gasteiger partial charge >= 0.3 is 0 Å². The molecule has 1 atom stereocenters. The van der Waals surface area contributed by atoms with Crippen molar-refractivity contribution in [3.05, 3.63) is 28.8 Å². The third-order valence-corrected chi connectivity index (χ3v) is 4.72. The number of nitrogen functional groups attached to an aromatic ring is 1. The maximum Gasteiger partial charge on any atom is 0.255 e. The molecule has 1 amide bonds. The molecule has 3 nitrogen and oxygen atoms in total. The Balaban J connectivity index is 2.12. The van der Waals surface area contributed by atoms with Crippen LogP contribution in [0.2, 0.25) is 5.02 Å². The second-order valence-corrected chi connectivity index (χ2v) is 7.45. The van der Waals surface area contributed by atoms with E-state index in [1.807, 2.05) is 4.90 Å². The number of likely N-dealkylation sites (tertiary alicyclic amines) is 1. The minimum absolute atomic E-state index is 0.00422. The van der Waals surface area contributed by atoms with Crippen LogP contribution in [0.5, 0.6) is 0 Å². The highest BCUT2D eigenvalue weighted by molar-refractivity contribution is 6.31. The number of carbonyl (C=O) groups is 1. The van der Waals surface area contributed by atoms with Crippen LogP contribution < -0.4 is 5.73 Å². The molecule has 4 heteroatoms. The fraction of sp³-hybridized carbons (Fsp3) is 0.588. The van der Waals surface area contributed by atoms with Gasteiger partial charge in [0, 0.05) is 23.8 Å². The summed E-state index contributed by atoms with van der Waals surface area (Å²) in [6.07, 6.45) is 3.28. The number of anilines is 1. The topological polar surface area (TPSA) is 46.3 Å². The lowest BCUT2D eigenvalue weighted by molar-refractivity contribution is 0.0756. The first kappa shape index (κ1) is 16.2. The number of amides is 1. The first-order valence-electron chi connectivity index (χ1n) is 7.63. The number of hydrogen-bond acceptors (Lipinski definition) is 2. The average Bonchev–Trinajstić information content (AvgIpc) is 2.66. The molecule has 2 N–H and O–H groups in total. The maximum absolute atomic E-state index is 12.7. The fourth-order valence-electron chi connectivity index (χ4n) is 3.05. The third kappa shape index (κ3) is 3.91. The fourth-order valence-corrected chi connectivity index (χ4v) is 3.22. The number of benzene rings is 1. The predicted molar refractivity (Wildman–Crippen MR) is 88.6 cm³/mol. The molecule has 1 aliphatic rings. The number of hydrogen-bond donors (Lipinski definition) is 1. The van der Waals surface area contributed by atoms with Crippen molar-refractivity contribution < 1.29 is 4.79 Å². The van der Waals surface area contributed by atoms with Crippen molar-refractivity contribution in [3.8, 4) is 0 Å². The Labute approximate surface area is 132 Å². The minimum Gasteiger partial charge on any atom is -0.398 e. The van der Waals surface area contributed by atoms with Crippen molar-refractivity contribution in [1.82, 2.24) is 4.90 Å². The molecule has 0 saturated carbocycles. The summed E-state index contributed by atoms with van der Waals surface area (Å²) in [5, 5.41) is 0.551. The van der Waals surface area contributed by atoms with Gasteiger partial charge in [0.25, 0.3) is 5.91 Å². The molecule has 1 fully saturated rings. The molecule has 1 aliphatic heterocycles. The number of halogens is 1. The van der Waals surface area contributed by atoms with Crippen LogP contribution in [0.15, 0.2) is 18.2 Å². The van der Waals surface area contributed by atoms with Crippen LogP contribution in [0.25, 0.3) is 0 Å². The zero-order valence-electron chi connectivity index (χ0n) is 13.2. The first-order chi connectivity index (χ1) is 9.79. The van der Waals surface area contributed by atoms with Gasteiger partial charge in [-0.05, 0) is 48.8 Å². The molecule has 1 aromatic carbocycles. The van der Waals surface area contributed by atoms with Crippen LogP contribution in [0, 0.1) is 11.3 Å². The summed E-state index contributed by atoms with van der Waals surface area (Å²) in [5.41, 5.74) is 7.25. The van der Waals surface area contributed by atoms with Crippen molar-refractivity contribution in [2.24, 2.45) is 11.3 Å². The van der Waals surface area contributed by atoms with E-state index >= 15 is 0 Å². The number of carbonyl (C=O) groups excluding carboxylic acids is 1. The van der Waals surface area contributed by atoms with E-state index in [0.29, 0.717) is 27.6 Å². The molecule has 1 heterocycles. The van der Waals surface area contributed by atoms with Crippen LogP contribution >= 0.6 is 11.6 Å². The standard InChI is InChI=1S/C17H25ClN2O/c1-17(2,3)12-5-4-9-20(10-8-12)16(21)14-11-13(18)6-7-15(14)19/h6-7,11-12H,4-5,8-10,19H2,1-3H3. The highest BCUT2D eigenvalue weighted by atomic mass is 35.5. The molecule has 0 bridgehead atoms. The Bertz CT molecular complexity index is 522. The minimum atomic E-state index is 0.00422. The zero-order valence-corrected chi connectivity index (χ0v) is 13.9. The van der Waals surface area contributed by atoms with E-state index in [0.717, 1.165) is 25.9 Å². The second-order valence-electron chi connectivity index (χ2n) is 7.02. The Morgan fingerprint density at radius 2 is 2.00 bits per heavy atom. The van der Waals surface area contributed by atoms with Gasteiger partial charge in [0.05, 0.1) is 5.56 Å². The molecule has 1 saturated heterocycles. The largest absolute Gasteiger partial charge is 0.398 e. The molecule has 0 spiro atoms. The molecule has 1 unspecified atom stereocenters. The maximum atomic E-state index is 12.7. The van der Waals surface area contributed by atoms with Crippen LogP contribution in [-0.2, 0) is 0 Å². The first-order valence-corrected chi connectivity index (χ1v) is 8.01. The molecule has 0 radical (unpaired) electrons. The average molecular weight is 309 g/mol. The van der Waals surface area contributed by atoms with Crippen LogP contribution in [0.4, 0.5) is 5.69 Å². The van der Waals surface area contributed by atoms with E-state index in [4.69, 9.17) is 17.3 Å². The number of nitrogens with two attached hydrogens (primary N) is 1. The van der Waals surface area contributed by atoms with E-state index in [-0.39, 0.29) is 5.91 Å². The van der Waals surface area contributed by atoms with Crippen molar-refractivity contribution in [3.63, 3.8) is 0 Å². The summed E-state index contributed by atoms with van der Waals surface area (Å²) in [6, 6.07) is 5.09. The molecule has 0 aliphatic carbocycles. The summed E-state index contributed by atoms with van der Waals surface area (Å²) in [4.78, 5) is 14.6. The molecular weight excluding hydrogens is 284 g/mol. The molecule has 0 aromatic heterocycles. The van der Waals surface area contributed by atoms with Crippen LogP contribution in [-0.4, -0.2) is 23.9 Å². The SMILES string of the molecule is CC(C)(C)C1CCCN(C(=O)c2cc(Cl)ccc2N)CC1. The molecule has 21 heavy (non-hydrogen) atoms. The summed E-state index contributed by atoms with van der Waals surface area (Å²) >= 11 is 5.99. The summed E-state index contributed by atoms with van der Waals surface area (Å²) in [6.45, 7) is 8.45. The van der Waals surface area contributed by atoms with Gasteiger partial charge in [0.15, 0.2) is 0 Å². The van der Waals surface area contributed by atoms with Crippen molar-refractivity contribution in [2.75, 3.05) is 18.8 Å². The van der Waals surface area contributed by atoms with E-state index < -0.39 is 0 Å². The van der Waals surface area contributed by atoms with Gasteiger partial charge in [-0.15, -0.1) is 0 Å². The molecular formula is C17H25ClN2O. The van der Waals surface area contributed by atoms with Crippen molar-refractivity contribution in [1.29, 1.82) is 0 Å². The Morgan fingerprint density at radius 3 is 2.67 bits per heavy atom. The van der Waals surface area contributed by atoms with E-state index in [1.165, 1.54) is 6.42 Å². The van der Waals surface area contributed by atoms with Gasteiger partial charge in [0.2, 0.25) is 0 Å². The Morgan fingerprint density at radius 1 is 1.29 bits per heavy atom. The smallest absolute Gasteiger partial charge is 0.255 e. The van der Waals surface area contributed by atoms with E-state index in [9.17, 15) is 4.79 Å². The van der Waals surface area contributed by atoms with Crippen LogP contribution in [0.3, 0.4) is 0 Å². The van der Waals surface area contributed by atoms with Gasteiger partial charge < -0.3 is 10.6 Å². The summed E-state index contributed by atoms with van der Waals surface area (Å²) < 4.78 is 0. The normalized spacial score (nSPS) is 20.2. The Hall–Kier alpha value is -1.22. The Kier molecular flexibility index (Phi) is 4.82. The lowest BCUT2D eigenvalue weighted by atomic mass is 9.77. The monoisotopic (exact) mass is 308 g/mol. The van der Waals surface area contributed by atoms with Gasteiger partial charge in [-0.2, -0.15) is 0 Å². The lowest BCUT2D eigenvalue weighted by Crippen LogP contribution is -2.33. The quantitative estimate of drug-likeness (QED) is 0.790. The van der Waals surface area contributed by atoms with Gasteiger partial charge in [-0.3, -0.25) is 4.79 Å². The second kappa shape index (κ2) is 6.27. The van der Waals surface area contributed by atoms with E-state index in [2.05, 4.69) is 20.8 Å². The zero-order chi connectivity index (χ0) is 15.6. The molecule has 2 rings (SSSR count). The number of rotatable bonds is 1. The predicted octanol–water partition coefficient (Wildman–Crippen LogP) is 4.21. The van der Waals surface area contributed by atoms with Crippen molar-refractivity contribution >= 4 is 23.2 Å². The van der Waals surface area contributed by atoms with Gasteiger partial charge in [-0.25, -0.2) is 0 Å². The molecule has 116 valence electrons. The summed E-state index contributed by atoms with van der Waals surface area (Å²) in [5.74, 6) is 0.663. The lowest BCUT2D eigenvalue weighted by Gasteiger charge is -2.29. The van der Waals surface area contributed by atoms with Gasteiger partial charge in [-0.1, -0.05) is 32.4 Å². The van der Waals surface area contributed by atoms with Crippen molar-refractivity contribution in [2.45, 2.75) is 40.0 Å². The summed E-state index contributed by atoms with van der Waals surface area (Å²) in [7, 11) is 0. The van der Waals surface area contributed by atoms with Crippen LogP contribution in [0.1, 0.15) is 50.4 Å². The third-order valence-electron chi connectivity index (χ3n) is 4.49.